The highest BCUT2D eigenvalue weighted by Gasteiger charge is 2.54. The molecule has 5 rings (SSSR count). The van der Waals surface area contributed by atoms with E-state index in [-0.39, 0.29) is 24.7 Å². The summed E-state index contributed by atoms with van der Waals surface area (Å²) in [4.78, 5) is 76.1. The minimum atomic E-state index is -1.38. The van der Waals surface area contributed by atoms with Crippen molar-refractivity contribution in [2.75, 3.05) is 13.7 Å². The molecule has 2 atom stereocenters. The molecule has 234 valence electrons. The molecular weight excluding hydrogens is 554 g/mol. The number of carboxylic acid groups (broad SMARTS) is 1. The minimum absolute atomic E-state index is 0.156. The lowest BCUT2D eigenvalue weighted by Gasteiger charge is -2.55. The number of Topliss-reactive ketones (excluding diaryl/α,β-unsaturated/α-hetero) is 2. The Balaban J connectivity index is 1.38. The van der Waals surface area contributed by atoms with Crippen molar-refractivity contribution in [2.24, 2.45) is 29.1 Å². The number of aliphatic carboxylic acids is 1. The predicted molar refractivity (Wildman–Crippen MR) is 156 cm³/mol. The molecule has 0 aliphatic heterocycles. The van der Waals surface area contributed by atoms with E-state index < -0.39 is 53.4 Å². The van der Waals surface area contributed by atoms with Crippen LogP contribution in [0, 0.1) is 29.1 Å². The summed E-state index contributed by atoms with van der Waals surface area (Å²) >= 11 is 0. The van der Waals surface area contributed by atoms with Gasteiger partial charge in [0.2, 0.25) is 17.7 Å². The second-order valence-corrected chi connectivity index (χ2v) is 13.1. The summed E-state index contributed by atoms with van der Waals surface area (Å²) in [6.07, 6.45) is 5.16. The van der Waals surface area contributed by atoms with Crippen LogP contribution in [0.3, 0.4) is 0 Å². The summed E-state index contributed by atoms with van der Waals surface area (Å²) in [7, 11) is 1.44. The molecule has 0 radical (unpaired) electrons. The molecule has 1 aromatic carbocycles. The van der Waals surface area contributed by atoms with E-state index in [0.717, 1.165) is 19.3 Å². The van der Waals surface area contributed by atoms with Crippen LogP contribution in [0.25, 0.3) is 0 Å². The van der Waals surface area contributed by atoms with Gasteiger partial charge in [-0.1, -0.05) is 13.8 Å². The number of amides is 3. The smallest absolute Gasteiger partial charge is 0.305 e. The van der Waals surface area contributed by atoms with Gasteiger partial charge in [0.25, 0.3) is 0 Å². The number of ketones is 2. The fourth-order valence-corrected chi connectivity index (χ4v) is 7.62. The highest BCUT2D eigenvalue weighted by molar-refractivity contribution is 5.98. The van der Waals surface area contributed by atoms with Crippen molar-refractivity contribution in [3.8, 4) is 5.75 Å². The first-order valence-corrected chi connectivity index (χ1v) is 15.1. The zero-order valence-corrected chi connectivity index (χ0v) is 25.4. The first-order chi connectivity index (χ1) is 20.3. The van der Waals surface area contributed by atoms with E-state index in [1.54, 1.807) is 32.0 Å². The van der Waals surface area contributed by atoms with Gasteiger partial charge in [-0.05, 0) is 87.3 Å². The standard InChI is InChI=1S/C32H43N3O8/c1-17(2)29(35-27(38)11-23-10-22(18(3)36)5-6-26(23)43-4)30(41)34-24(12-28(39)40)25(37)16-33-31(42)32-13-19-7-20(14-32)9-21(8-19)15-32/h5-6,10,17,19-21,24,29H,7-9,11-16H2,1-4H3,(H,33,42)(H,34,41)(H,35,38)(H,39,40)/t19?,20?,21?,24-,29-,32?/m0/s1. The monoisotopic (exact) mass is 597 g/mol. The number of ether oxygens (including phenoxy) is 1. The third kappa shape index (κ3) is 7.61. The maximum absolute atomic E-state index is 13.3. The molecule has 3 amide bonds. The first-order valence-electron chi connectivity index (χ1n) is 15.1. The third-order valence-electron chi connectivity index (χ3n) is 9.33. The van der Waals surface area contributed by atoms with Gasteiger partial charge in [-0.2, -0.15) is 0 Å². The molecule has 11 nitrogen and oxygen atoms in total. The molecule has 0 heterocycles. The van der Waals surface area contributed by atoms with Crippen molar-refractivity contribution in [1.29, 1.82) is 0 Å². The number of carbonyl (C=O) groups excluding carboxylic acids is 5. The summed E-state index contributed by atoms with van der Waals surface area (Å²) in [5.74, 6) is -1.79. The minimum Gasteiger partial charge on any atom is -0.496 e. The SMILES string of the molecule is COc1ccc(C(C)=O)cc1CC(=O)N[C@H](C(=O)N[C@@H](CC(=O)O)C(=O)CNC(=O)C12CC3CC(CC(C3)C1)C2)C(C)C. The molecule has 0 saturated heterocycles. The Hall–Kier alpha value is -3.76. The summed E-state index contributed by atoms with van der Waals surface area (Å²) in [6, 6.07) is 2.30. The zero-order valence-electron chi connectivity index (χ0n) is 25.4. The van der Waals surface area contributed by atoms with Crippen molar-refractivity contribution < 1.29 is 38.6 Å². The van der Waals surface area contributed by atoms with Gasteiger partial charge in [0.15, 0.2) is 11.6 Å². The molecule has 0 unspecified atom stereocenters. The van der Waals surface area contributed by atoms with Crippen LogP contribution in [0.4, 0.5) is 0 Å². The molecule has 4 bridgehead atoms. The molecule has 0 spiro atoms. The van der Waals surface area contributed by atoms with Crippen LogP contribution in [-0.4, -0.2) is 66.1 Å². The third-order valence-corrected chi connectivity index (χ3v) is 9.33. The lowest BCUT2D eigenvalue weighted by molar-refractivity contribution is -0.147. The molecule has 11 heteroatoms. The summed E-state index contributed by atoms with van der Waals surface area (Å²) in [6.45, 7) is 4.44. The van der Waals surface area contributed by atoms with E-state index in [2.05, 4.69) is 16.0 Å². The summed E-state index contributed by atoms with van der Waals surface area (Å²) < 4.78 is 5.31. The lowest BCUT2D eigenvalue weighted by Crippen LogP contribution is -2.57. The number of carbonyl (C=O) groups is 6. The molecule has 43 heavy (non-hydrogen) atoms. The highest BCUT2D eigenvalue weighted by atomic mass is 16.5. The number of hydrogen-bond acceptors (Lipinski definition) is 7. The van der Waals surface area contributed by atoms with E-state index in [4.69, 9.17) is 4.74 Å². The molecule has 4 aliphatic rings. The van der Waals surface area contributed by atoms with Crippen molar-refractivity contribution in [1.82, 2.24) is 16.0 Å². The van der Waals surface area contributed by atoms with Gasteiger partial charge < -0.3 is 25.8 Å². The highest BCUT2D eigenvalue weighted by Crippen LogP contribution is 2.60. The zero-order chi connectivity index (χ0) is 31.5. The van der Waals surface area contributed by atoms with Gasteiger partial charge >= 0.3 is 5.97 Å². The number of carboxylic acids is 1. The number of methoxy groups -OCH3 is 1. The van der Waals surface area contributed by atoms with Gasteiger partial charge in [-0.15, -0.1) is 0 Å². The maximum Gasteiger partial charge on any atom is 0.305 e. The lowest BCUT2D eigenvalue weighted by atomic mass is 9.49. The molecule has 4 fully saturated rings. The Morgan fingerprint density at radius 1 is 0.977 bits per heavy atom. The quantitative estimate of drug-likeness (QED) is 0.237. The molecule has 1 aromatic rings. The molecule has 0 aromatic heterocycles. The Bertz CT molecular complexity index is 1250. The number of hydrogen-bond donors (Lipinski definition) is 4. The summed E-state index contributed by atoms with van der Waals surface area (Å²) in [5, 5.41) is 17.4. The van der Waals surface area contributed by atoms with Crippen LogP contribution in [0.5, 0.6) is 5.75 Å². The van der Waals surface area contributed by atoms with E-state index in [0.29, 0.717) is 34.6 Å². The Kier molecular flexibility index (Phi) is 9.92. The van der Waals surface area contributed by atoms with Gasteiger partial charge in [0.1, 0.15) is 11.8 Å². The number of nitrogens with one attached hydrogen (secondary N) is 3. The van der Waals surface area contributed by atoms with Crippen molar-refractivity contribution >= 4 is 35.3 Å². The van der Waals surface area contributed by atoms with Crippen LogP contribution in [0.15, 0.2) is 18.2 Å². The van der Waals surface area contributed by atoms with Gasteiger partial charge in [0.05, 0.1) is 32.5 Å². The Morgan fingerprint density at radius 2 is 1.58 bits per heavy atom. The van der Waals surface area contributed by atoms with Crippen molar-refractivity contribution in [2.45, 2.75) is 84.2 Å². The average Bonchev–Trinajstić information content (AvgIpc) is 2.92. The van der Waals surface area contributed by atoms with Crippen molar-refractivity contribution in [3.05, 3.63) is 29.3 Å². The topological polar surface area (TPSA) is 168 Å². The van der Waals surface area contributed by atoms with Crippen LogP contribution in [0.2, 0.25) is 0 Å². The molecule has 4 aliphatic carbocycles. The maximum atomic E-state index is 13.3. The van der Waals surface area contributed by atoms with Crippen LogP contribution >= 0.6 is 0 Å². The van der Waals surface area contributed by atoms with Crippen molar-refractivity contribution in [3.63, 3.8) is 0 Å². The van der Waals surface area contributed by atoms with Crippen LogP contribution < -0.4 is 20.7 Å². The molecular formula is C32H43N3O8. The van der Waals surface area contributed by atoms with E-state index in [1.807, 2.05) is 0 Å². The number of rotatable bonds is 14. The van der Waals surface area contributed by atoms with Gasteiger partial charge in [-0.25, -0.2) is 0 Å². The molecule has 4 N–H and O–H groups in total. The number of benzene rings is 1. The molecule has 4 saturated carbocycles. The fraction of sp³-hybridized carbons (Fsp3) is 0.625. The largest absolute Gasteiger partial charge is 0.496 e. The second kappa shape index (κ2) is 13.3. The normalized spacial score (nSPS) is 25.0. The Morgan fingerprint density at radius 3 is 2.09 bits per heavy atom. The fourth-order valence-electron chi connectivity index (χ4n) is 7.62. The average molecular weight is 598 g/mol. The van der Waals surface area contributed by atoms with Crippen LogP contribution in [-0.2, 0) is 30.4 Å². The predicted octanol–water partition coefficient (Wildman–Crippen LogP) is 2.44. The van der Waals surface area contributed by atoms with Gasteiger partial charge in [-0.3, -0.25) is 28.8 Å². The second-order valence-electron chi connectivity index (χ2n) is 13.1. The Labute approximate surface area is 251 Å². The van der Waals surface area contributed by atoms with E-state index in [1.165, 1.54) is 33.3 Å². The van der Waals surface area contributed by atoms with E-state index >= 15 is 0 Å². The van der Waals surface area contributed by atoms with E-state index in [9.17, 15) is 33.9 Å². The first kappa shape index (κ1) is 32.2. The summed E-state index contributed by atoms with van der Waals surface area (Å²) in [5.41, 5.74) is 0.414. The van der Waals surface area contributed by atoms with Gasteiger partial charge in [0, 0.05) is 16.5 Å². The van der Waals surface area contributed by atoms with Crippen LogP contribution in [0.1, 0.15) is 81.6 Å².